The summed E-state index contributed by atoms with van der Waals surface area (Å²) in [6.07, 6.45) is 7.78. The highest BCUT2D eigenvalue weighted by Crippen LogP contribution is 2.31. The van der Waals surface area contributed by atoms with E-state index in [4.69, 9.17) is 23.2 Å². The molecule has 0 spiro atoms. The van der Waals surface area contributed by atoms with Crippen molar-refractivity contribution < 1.29 is 9.59 Å². The number of carbonyl (C=O) groups excluding carboxylic acids is 2. The molecular weight excluding hydrogens is 459 g/mol. The van der Waals surface area contributed by atoms with E-state index in [1.807, 2.05) is 12.1 Å². The second kappa shape index (κ2) is 10.8. The van der Waals surface area contributed by atoms with Crippen molar-refractivity contribution in [3.63, 3.8) is 0 Å². The molecule has 33 heavy (non-hydrogen) atoms. The number of benzene rings is 1. The van der Waals surface area contributed by atoms with Gasteiger partial charge in [-0.1, -0.05) is 35.3 Å². The second-order valence-corrected chi connectivity index (χ2v) is 9.07. The fourth-order valence-electron chi connectivity index (χ4n) is 4.07. The Kier molecular flexibility index (Phi) is 7.57. The first-order valence-corrected chi connectivity index (χ1v) is 11.6. The van der Waals surface area contributed by atoms with Crippen LogP contribution in [0.5, 0.6) is 0 Å². The van der Waals surface area contributed by atoms with Gasteiger partial charge in [0.25, 0.3) is 5.91 Å². The highest BCUT2D eigenvalue weighted by Gasteiger charge is 2.24. The number of amides is 1. The average molecular weight is 483 g/mol. The highest BCUT2D eigenvalue weighted by atomic mass is 35.5. The molecule has 3 aromatic rings. The minimum Gasteiger partial charge on any atom is -0.355 e. The first-order valence-electron chi connectivity index (χ1n) is 10.9. The number of carbonyl (C=O) groups is 2. The van der Waals surface area contributed by atoms with Crippen LogP contribution in [-0.4, -0.2) is 34.7 Å². The summed E-state index contributed by atoms with van der Waals surface area (Å²) in [5, 5.41) is 3.85. The van der Waals surface area contributed by atoms with E-state index in [-0.39, 0.29) is 11.7 Å². The predicted molar refractivity (Wildman–Crippen MR) is 131 cm³/mol. The number of nitrogens with zero attached hydrogens (tertiary/aromatic N) is 3. The van der Waals surface area contributed by atoms with Crippen LogP contribution in [-0.2, 0) is 11.2 Å². The number of pyridine rings is 2. The lowest BCUT2D eigenvalue weighted by molar-refractivity contribution is -0.119. The third-order valence-electron chi connectivity index (χ3n) is 5.72. The number of nitrogens with one attached hydrogen (secondary N) is 1. The molecule has 1 amide bonds. The summed E-state index contributed by atoms with van der Waals surface area (Å²) in [5.74, 6) is 0.969. The van der Waals surface area contributed by atoms with Crippen molar-refractivity contribution in [1.82, 2.24) is 9.97 Å². The molecule has 1 aromatic carbocycles. The Labute approximate surface area is 203 Å². The second-order valence-electron chi connectivity index (χ2n) is 8.20. The Morgan fingerprint density at radius 3 is 2.58 bits per heavy atom. The zero-order valence-electron chi connectivity index (χ0n) is 18.0. The molecule has 8 heteroatoms. The molecule has 1 saturated heterocycles. The maximum Gasteiger partial charge on any atom is 0.255 e. The maximum absolute atomic E-state index is 12.7. The fourth-order valence-corrected chi connectivity index (χ4v) is 4.42. The average Bonchev–Trinajstić information content (AvgIpc) is 2.80. The molecule has 0 saturated carbocycles. The summed E-state index contributed by atoms with van der Waals surface area (Å²) in [6, 6.07) is 12.2. The van der Waals surface area contributed by atoms with Crippen molar-refractivity contribution in [3.05, 3.63) is 82.2 Å². The summed E-state index contributed by atoms with van der Waals surface area (Å²) in [5.41, 5.74) is 1.96. The Hall–Kier alpha value is -2.96. The van der Waals surface area contributed by atoms with Crippen LogP contribution >= 0.6 is 23.2 Å². The summed E-state index contributed by atoms with van der Waals surface area (Å²) >= 11 is 12.2. The minimum atomic E-state index is -0.279. The molecule has 3 heterocycles. The van der Waals surface area contributed by atoms with E-state index in [0.29, 0.717) is 45.9 Å². The number of anilines is 2. The maximum atomic E-state index is 12.7. The lowest BCUT2D eigenvalue weighted by Gasteiger charge is -2.33. The number of rotatable bonds is 7. The lowest BCUT2D eigenvalue weighted by Crippen LogP contribution is -2.35. The summed E-state index contributed by atoms with van der Waals surface area (Å²) in [7, 11) is 0. The summed E-state index contributed by atoms with van der Waals surface area (Å²) < 4.78 is 0. The number of Topliss-reactive ketones (excluding diaryl/α,β-unsaturated/α-hetero) is 1. The smallest absolute Gasteiger partial charge is 0.255 e. The highest BCUT2D eigenvalue weighted by molar-refractivity contribution is 6.31. The van der Waals surface area contributed by atoms with Crippen LogP contribution in [0.25, 0.3) is 0 Å². The molecule has 170 valence electrons. The SMILES string of the molecule is O=C(Cc1cccnc1)CC1CCN(c2ncc(Cl)cc2NC(=O)c2cccc(Cl)c2)CC1. The van der Waals surface area contributed by atoms with Gasteiger partial charge in [0.1, 0.15) is 5.78 Å². The van der Waals surface area contributed by atoms with Gasteiger partial charge in [0, 0.05) is 55.1 Å². The van der Waals surface area contributed by atoms with Crippen molar-refractivity contribution in [2.45, 2.75) is 25.7 Å². The molecule has 1 fully saturated rings. The van der Waals surface area contributed by atoms with E-state index in [2.05, 4.69) is 20.2 Å². The van der Waals surface area contributed by atoms with Crippen LogP contribution in [0.1, 0.15) is 35.2 Å². The zero-order chi connectivity index (χ0) is 23.2. The van der Waals surface area contributed by atoms with Gasteiger partial charge in [-0.3, -0.25) is 14.6 Å². The molecule has 2 aromatic heterocycles. The van der Waals surface area contributed by atoms with Gasteiger partial charge in [0.2, 0.25) is 0 Å². The van der Waals surface area contributed by atoms with Crippen molar-refractivity contribution in [3.8, 4) is 0 Å². The van der Waals surface area contributed by atoms with Gasteiger partial charge in [0.15, 0.2) is 5.82 Å². The number of piperidine rings is 1. The number of hydrogen-bond acceptors (Lipinski definition) is 5. The molecule has 0 bridgehead atoms. The monoisotopic (exact) mass is 482 g/mol. The van der Waals surface area contributed by atoms with Gasteiger partial charge in [-0.2, -0.15) is 0 Å². The number of aromatic nitrogens is 2. The molecular formula is C25H24Cl2N4O2. The molecule has 0 aliphatic carbocycles. The standard InChI is InChI=1S/C25H24Cl2N4O2/c26-20-5-1-4-19(13-20)25(33)30-23-14-21(27)16-29-24(23)31-9-6-17(7-10-31)11-22(32)12-18-3-2-8-28-15-18/h1-5,8,13-17H,6-7,9-12H2,(H,30,33). The van der Waals surface area contributed by atoms with Crippen LogP contribution in [0, 0.1) is 5.92 Å². The van der Waals surface area contributed by atoms with E-state index in [0.717, 1.165) is 31.5 Å². The van der Waals surface area contributed by atoms with Crippen LogP contribution in [0.4, 0.5) is 11.5 Å². The van der Waals surface area contributed by atoms with E-state index in [1.165, 1.54) is 0 Å². The summed E-state index contributed by atoms with van der Waals surface area (Å²) in [6.45, 7) is 1.50. The van der Waals surface area contributed by atoms with Crippen LogP contribution in [0.2, 0.25) is 10.0 Å². The molecule has 0 unspecified atom stereocenters. The number of halogens is 2. The van der Waals surface area contributed by atoms with Crippen molar-refractivity contribution >= 4 is 46.4 Å². The van der Waals surface area contributed by atoms with Gasteiger partial charge >= 0.3 is 0 Å². The Morgan fingerprint density at radius 1 is 1.03 bits per heavy atom. The third kappa shape index (κ3) is 6.30. The first-order chi connectivity index (χ1) is 16.0. The fraction of sp³-hybridized carbons (Fsp3) is 0.280. The minimum absolute atomic E-state index is 0.237. The van der Waals surface area contributed by atoms with Gasteiger partial charge in [-0.15, -0.1) is 0 Å². The first kappa shape index (κ1) is 23.2. The van der Waals surface area contributed by atoms with Crippen molar-refractivity contribution in [1.29, 1.82) is 0 Å². The molecule has 0 atom stereocenters. The van der Waals surface area contributed by atoms with Crippen LogP contribution in [0.3, 0.4) is 0 Å². The van der Waals surface area contributed by atoms with Crippen molar-refractivity contribution in [2.24, 2.45) is 5.92 Å². The van der Waals surface area contributed by atoms with Crippen LogP contribution < -0.4 is 10.2 Å². The molecule has 1 aliphatic heterocycles. The van der Waals surface area contributed by atoms with Gasteiger partial charge < -0.3 is 10.2 Å². The van der Waals surface area contributed by atoms with Gasteiger partial charge in [-0.05, 0) is 54.7 Å². The van der Waals surface area contributed by atoms with Gasteiger partial charge in [-0.25, -0.2) is 4.98 Å². The van der Waals surface area contributed by atoms with Gasteiger partial charge in [0.05, 0.1) is 10.7 Å². The predicted octanol–water partition coefficient (Wildman–Crippen LogP) is 5.45. The van der Waals surface area contributed by atoms with Crippen LogP contribution in [0.15, 0.2) is 61.1 Å². The molecule has 1 N–H and O–H groups in total. The lowest BCUT2D eigenvalue weighted by atomic mass is 9.90. The largest absolute Gasteiger partial charge is 0.355 e. The number of hydrogen-bond donors (Lipinski definition) is 1. The van der Waals surface area contributed by atoms with E-state index >= 15 is 0 Å². The van der Waals surface area contributed by atoms with E-state index in [9.17, 15) is 9.59 Å². The third-order valence-corrected chi connectivity index (χ3v) is 6.16. The normalized spacial score (nSPS) is 14.2. The summed E-state index contributed by atoms with van der Waals surface area (Å²) in [4.78, 5) is 35.9. The van der Waals surface area contributed by atoms with Crippen molar-refractivity contribution in [2.75, 3.05) is 23.3 Å². The molecule has 4 rings (SSSR count). The molecule has 1 aliphatic rings. The van der Waals surface area contributed by atoms with E-state index < -0.39 is 0 Å². The molecule has 6 nitrogen and oxygen atoms in total. The molecule has 0 radical (unpaired) electrons. The zero-order valence-corrected chi connectivity index (χ0v) is 19.5. The Bertz CT molecular complexity index is 1130. The Morgan fingerprint density at radius 2 is 1.85 bits per heavy atom. The quantitative estimate of drug-likeness (QED) is 0.484. The number of ketones is 1. The topological polar surface area (TPSA) is 75.2 Å². The Balaban J connectivity index is 1.38. The van der Waals surface area contributed by atoms with E-state index in [1.54, 1.807) is 48.9 Å².